The maximum atomic E-state index is 12.7. The maximum absolute atomic E-state index is 12.7. The molecule has 0 aliphatic carbocycles. The molecule has 1 saturated heterocycles. The third-order valence-corrected chi connectivity index (χ3v) is 2.48. The summed E-state index contributed by atoms with van der Waals surface area (Å²) in [6, 6.07) is 0.809. The molecule has 1 fully saturated rings. The van der Waals surface area contributed by atoms with Crippen molar-refractivity contribution in [2.75, 3.05) is 17.2 Å². The third kappa shape index (κ3) is 1.58. The van der Waals surface area contributed by atoms with Gasteiger partial charge < -0.3 is 16.4 Å². The first-order valence-corrected chi connectivity index (χ1v) is 4.56. The van der Waals surface area contributed by atoms with Crippen LogP contribution in [0.5, 0.6) is 0 Å². The maximum Gasteiger partial charge on any atom is 0.240 e. The van der Waals surface area contributed by atoms with Crippen LogP contribution in [0.4, 0.5) is 15.9 Å². The number of aromatic nitrogens is 1. The van der Waals surface area contributed by atoms with Gasteiger partial charge in [0.1, 0.15) is 11.9 Å². The molecule has 1 unspecified atom stereocenters. The van der Waals surface area contributed by atoms with Crippen molar-refractivity contribution in [3.05, 3.63) is 18.1 Å². The number of primary amides is 1. The van der Waals surface area contributed by atoms with Crippen LogP contribution in [-0.4, -0.2) is 23.5 Å². The van der Waals surface area contributed by atoms with Crippen LogP contribution in [0, 0.1) is 5.82 Å². The molecule has 5 nitrogen and oxygen atoms in total. The van der Waals surface area contributed by atoms with Gasteiger partial charge in [-0.15, -0.1) is 0 Å². The number of halogens is 1. The number of nitrogens with zero attached hydrogens (tertiary/aromatic N) is 2. The van der Waals surface area contributed by atoms with E-state index < -0.39 is 11.7 Å². The number of nitrogens with two attached hydrogens (primary N) is 2. The van der Waals surface area contributed by atoms with Crippen molar-refractivity contribution in [2.24, 2.45) is 5.73 Å². The highest BCUT2D eigenvalue weighted by atomic mass is 19.1. The summed E-state index contributed by atoms with van der Waals surface area (Å²) < 4.78 is 12.7. The Morgan fingerprint density at radius 1 is 1.67 bits per heavy atom. The van der Waals surface area contributed by atoms with Crippen molar-refractivity contribution in [3.8, 4) is 0 Å². The zero-order valence-corrected chi connectivity index (χ0v) is 7.98. The first kappa shape index (κ1) is 9.70. The summed E-state index contributed by atoms with van der Waals surface area (Å²) in [6.45, 7) is 0.663. The number of hydrogen-bond donors (Lipinski definition) is 2. The summed E-state index contributed by atoms with van der Waals surface area (Å²) in [5.41, 5.74) is 11.0. The summed E-state index contributed by atoms with van der Waals surface area (Å²) in [6.07, 6.45) is 1.76. The summed E-state index contributed by atoms with van der Waals surface area (Å²) in [4.78, 5) is 16.5. The molecule has 1 amide bonds. The summed E-state index contributed by atoms with van der Waals surface area (Å²) in [7, 11) is 0. The molecule has 1 aromatic rings. The van der Waals surface area contributed by atoms with Gasteiger partial charge in [0.2, 0.25) is 5.91 Å². The van der Waals surface area contributed by atoms with Crippen molar-refractivity contribution in [1.29, 1.82) is 0 Å². The van der Waals surface area contributed by atoms with Crippen LogP contribution in [0.25, 0.3) is 0 Å². The van der Waals surface area contributed by atoms with Gasteiger partial charge in [0.25, 0.3) is 0 Å². The second kappa shape index (κ2) is 3.38. The Morgan fingerprint density at radius 2 is 2.40 bits per heavy atom. The summed E-state index contributed by atoms with van der Waals surface area (Å²) in [5, 5.41) is 0. The Balaban J connectivity index is 2.27. The lowest BCUT2D eigenvalue weighted by Gasteiger charge is -2.40. The number of nitrogen functional groups attached to an aromatic ring is 1. The average molecular weight is 210 g/mol. The lowest BCUT2D eigenvalue weighted by molar-refractivity contribution is -0.120. The summed E-state index contributed by atoms with van der Waals surface area (Å²) in [5.74, 6) is -0.481. The van der Waals surface area contributed by atoms with Gasteiger partial charge in [0.05, 0.1) is 11.9 Å². The van der Waals surface area contributed by atoms with Crippen LogP contribution in [0.2, 0.25) is 0 Å². The topological polar surface area (TPSA) is 85.2 Å². The number of hydrogen-bond acceptors (Lipinski definition) is 4. The monoisotopic (exact) mass is 210 g/mol. The Morgan fingerprint density at radius 3 is 2.87 bits per heavy atom. The van der Waals surface area contributed by atoms with E-state index in [1.165, 1.54) is 6.07 Å². The predicted molar refractivity (Wildman–Crippen MR) is 53.6 cm³/mol. The number of carbonyl (C=O) groups is 1. The molecule has 0 spiro atoms. The number of pyridine rings is 1. The molecule has 0 bridgehead atoms. The molecule has 4 N–H and O–H groups in total. The highest BCUT2D eigenvalue weighted by molar-refractivity contribution is 5.86. The van der Waals surface area contributed by atoms with E-state index in [1.807, 2.05) is 0 Å². The van der Waals surface area contributed by atoms with Crippen LogP contribution in [0.3, 0.4) is 0 Å². The number of carbonyl (C=O) groups excluding carboxylic acids is 1. The van der Waals surface area contributed by atoms with E-state index >= 15 is 0 Å². The SMILES string of the molecule is NC(=O)C1CCN1c1ncc(F)cc1N. The molecule has 1 aliphatic rings. The molecular weight excluding hydrogens is 199 g/mol. The zero-order chi connectivity index (χ0) is 11.0. The van der Waals surface area contributed by atoms with Gasteiger partial charge in [0.15, 0.2) is 5.82 Å². The minimum Gasteiger partial charge on any atom is -0.396 e. The predicted octanol–water partition coefficient (Wildman–Crippen LogP) is -0.133. The van der Waals surface area contributed by atoms with Gasteiger partial charge in [-0.2, -0.15) is 0 Å². The van der Waals surface area contributed by atoms with E-state index in [0.29, 0.717) is 18.8 Å². The van der Waals surface area contributed by atoms with Crippen LogP contribution < -0.4 is 16.4 Å². The quantitative estimate of drug-likeness (QED) is 0.711. The molecule has 1 aliphatic heterocycles. The van der Waals surface area contributed by atoms with Gasteiger partial charge in [-0.05, 0) is 6.42 Å². The van der Waals surface area contributed by atoms with E-state index in [0.717, 1.165) is 6.20 Å². The molecule has 0 aromatic carbocycles. The Hall–Kier alpha value is -1.85. The molecule has 0 radical (unpaired) electrons. The molecular formula is C9H11FN4O. The number of amides is 1. The van der Waals surface area contributed by atoms with Gasteiger partial charge >= 0.3 is 0 Å². The van der Waals surface area contributed by atoms with Gasteiger partial charge in [-0.1, -0.05) is 0 Å². The van der Waals surface area contributed by atoms with E-state index in [4.69, 9.17) is 11.5 Å². The minimum atomic E-state index is -0.493. The molecule has 1 aromatic heterocycles. The third-order valence-electron chi connectivity index (χ3n) is 2.48. The van der Waals surface area contributed by atoms with Crippen molar-refractivity contribution in [1.82, 2.24) is 4.98 Å². The fourth-order valence-electron chi connectivity index (χ4n) is 1.62. The molecule has 15 heavy (non-hydrogen) atoms. The molecule has 2 rings (SSSR count). The smallest absolute Gasteiger partial charge is 0.240 e. The normalized spacial score (nSPS) is 19.8. The van der Waals surface area contributed by atoms with Crippen molar-refractivity contribution in [2.45, 2.75) is 12.5 Å². The minimum absolute atomic E-state index is 0.223. The van der Waals surface area contributed by atoms with E-state index in [1.54, 1.807) is 4.90 Å². The highest BCUT2D eigenvalue weighted by Gasteiger charge is 2.34. The number of anilines is 2. The Kier molecular flexibility index (Phi) is 2.18. The van der Waals surface area contributed by atoms with Crippen LogP contribution >= 0.6 is 0 Å². The molecule has 80 valence electrons. The first-order valence-electron chi connectivity index (χ1n) is 4.56. The molecule has 2 heterocycles. The lowest BCUT2D eigenvalue weighted by Crippen LogP contribution is -2.55. The number of rotatable bonds is 2. The van der Waals surface area contributed by atoms with E-state index in [-0.39, 0.29) is 11.7 Å². The summed E-state index contributed by atoms with van der Waals surface area (Å²) >= 11 is 0. The molecule has 0 saturated carbocycles. The highest BCUT2D eigenvalue weighted by Crippen LogP contribution is 2.29. The van der Waals surface area contributed by atoms with E-state index in [9.17, 15) is 9.18 Å². The van der Waals surface area contributed by atoms with Crippen LogP contribution in [0.15, 0.2) is 12.3 Å². The van der Waals surface area contributed by atoms with E-state index in [2.05, 4.69) is 4.98 Å². The standard InChI is InChI=1S/C9H11FN4O/c10-5-3-6(11)9(13-4-5)14-2-1-7(14)8(12)15/h3-4,7H,1-2,11H2,(H2,12,15). The molecule has 1 atom stereocenters. The fraction of sp³-hybridized carbons (Fsp3) is 0.333. The average Bonchev–Trinajstić information content (AvgIpc) is 2.06. The van der Waals surface area contributed by atoms with Crippen molar-refractivity contribution >= 4 is 17.4 Å². The van der Waals surface area contributed by atoms with Crippen molar-refractivity contribution in [3.63, 3.8) is 0 Å². The largest absolute Gasteiger partial charge is 0.396 e. The lowest BCUT2D eigenvalue weighted by atomic mass is 10.0. The fourth-order valence-corrected chi connectivity index (χ4v) is 1.62. The van der Waals surface area contributed by atoms with Gasteiger partial charge in [-0.3, -0.25) is 4.79 Å². The zero-order valence-electron chi connectivity index (χ0n) is 7.98. The second-order valence-corrected chi connectivity index (χ2v) is 3.47. The second-order valence-electron chi connectivity index (χ2n) is 3.47. The molecule has 6 heteroatoms. The van der Waals surface area contributed by atoms with Gasteiger partial charge in [0, 0.05) is 12.6 Å². The Bertz CT molecular complexity index is 409. The Labute approximate surface area is 85.9 Å². The van der Waals surface area contributed by atoms with Crippen molar-refractivity contribution < 1.29 is 9.18 Å². The van der Waals surface area contributed by atoms with Crippen LogP contribution in [-0.2, 0) is 4.79 Å². The van der Waals surface area contributed by atoms with Gasteiger partial charge in [-0.25, -0.2) is 9.37 Å². The first-order chi connectivity index (χ1) is 7.09. The van der Waals surface area contributed by atoms with Crippen LogP contribution in [0.1, 0.15) is 6.42 Å².